The van der Waals surface area contributed by atoms with Gasteiger partial charge in [0, 0.05) is 0 Å². The van der Waals surface area contributed by atoms with Crippen LogP contribution in [0.25, 0.3) is 0 Å². The largest absolute Gasteiger partial charge is 0.494 e. The second kappa shape index (κ2) is 6.58. The van der Waals surface area contributed by atoms with E-state index in [1.165, 1.54) is 24.3 Å². The fourth-order valence-corrected chi connectivity index (χ4v) is 2.89. The van der Waals surface area contributed by atoms with Crippen LogP contribution in [0.1, 0.15) is 30.3 Å². The maximum absolute atomic E-state index is 12.3. The molecule has 1 aromatic carbocycles. The molecule has 0 unspecified atom stereocenters. The van der Waals surface area contributed by atoms with Crippen LogP contribution >= 0.6 is 0 Å². The molecule has 0 N–H and O–H groups in total. The third-order valence-corrected chi connectivity index (χ3v) is 4.53. The van der Waals surface area contributed by atoms with Crippen LogP contribution in [-0.2, 0) is 9.84 Å². The highest BCUT2D eigenvalue weighted by molar-refractivity contribution is 7.91. The molecule has 0 amide bonds. The summed E-state index contributed by atoms with van der Waals surface area (Å²) in [6.45, 7) is 2.67. The Balaban J connectivity index is 2.18. The standard InChI is InChI=1S/C15H16O5S/c1-2-3-10-19-12-4-7-14(8-5-12)21(17,18)15-9-6-13(11-16)20-15/h4-9,11H,2-3,10H2,1H3. The van der Waals surface area contributed by atoms with E-state index in [0.29, 0.717) is 18.6 Å². The third kappa shape index (κ3) is 3.52. The summed E-state index contributed by atoms with van der Waals surface area (Å²) in [6, 6.07) is 8.71. The first kappa shape index (κ1) is 15.3. The molecular formula is C15H16O5S. The van der Waals surface area contributed by atoms with Gasteiger partial charge in [-0.05, 0) is 42.8 Å². The fourth-order valence-electron chi connectivity index (χ4n) is 1.71. The molecule has 0 atom stereocenters. The predicted octanol–water partition coefficient (Wildman–Crippen LogP) is 3.10. The van der Waals surface area contributed by atoms with Crippen LogP contribution in [0.15, 0.2) is 50.8 Å². The molecule has 0 spiro atoms. The van der Waals surface area contributed by atoms with Gasteiger partial charge in [0.25, 0.3) is 0 Å². The quantitative estimate of drug-likeness (QED) is 0.580. The summed E-state index contributed by atoms with van der Waals surface area (Å²) in [7, 11) is -3.75. The van der Waals surface area contributed by atoms with Crippen LogP contribution in [0.2, 0.25) is 0 Å². The number of sulfone groups is 1. The van der Waals surface area contributed by atoms with Gasteiger partial charge >= 0.3 is 0 Å². The van der Waals surface area contributed by atoms with Crippen molar-refractivity contribution < 1.29 is 22.4 Å². The van der Waals surface area contributed by atoms with Crippen molar-refractivity contribution in [2.24, 2.45) is 0 Å². The van der Waals surface area contributed by atoms with E-state index in [0.717, 1.165) is 12.8 Å². The highest BCUT2D eigenvalue weighted by atomic mass is 32.2. The van der Waals surface area contributed by atoms with Crippen molar-refractivity contribution in [2.75, 3.05) is 6.61 Å². The predicted molar refractivity (Wildman–Crippen MR) is 76.4 cm³/mol. The van der Waals surface area contributed by atoms with E-state index in [2.05, 4.69) is 6.92 Å². The van der Waals surface area contributed by atoms with Crippen molar-refractivity contribution in [3.8, 4) is 5.75 Å². The lowest BCUT2D eigenvalue weighted by molar-refractivity contribution is 0.109. The second-order valence-corrected chi connectivity index (χ2v) is 6.33. The van der Waals surface area contributed by atoms with Crippen LogP contribution < -0.4 is 4.74 Å². The number of carbonyl (C=O) groups is 1. The first-order chi connectivity index (χ1) is 10.1. The summed E-state index contributed by atoms with van der Waals surface area (Å²) in [4.78, 5) is 10.6. The molecule has 21 heavy (non-hydrogen) atoms. The molecule has 0 bridgehead atoms. The van der Waals surface area contributed by atoms with Gasteiger partial charge in [0.15, 0.2) is 12.0 Å². The number of rotatable bonds is 7. The number of ether oxygens (including phenoxy) is 1. The number of hydrogen-bond donors (Lipinski definition) is 0. The van der Waals surface area contributed by atoms with Crippen LogP contribution in [-0.4, -0.2) is 21.3 Å². The van der Waals surface area contributed by atoms with Gasteiger partial charge < -0.3 is 9.15 Å². The van der Waals surface area contributed by atoms with Crippen LogP contribution in [0.5, 0.6) is 5.75 Å². The Hall–Kier alpha value is -2.08. The minimum atomic E-state index is -3.75. The number of furan rings is 1. The van der Waals surface area contributed by atoms with E-state index in [9.17, 15) is 13.2 Å². The van der Waals surface area contributed by atoms with Crippen LogP contribution in [0.3, 0.4) is 0 Å². The maximum atomic E-state index is 12.3. The van der Waals surface area contributed by atoms with Gasteiger partial charge in [-0.15, -0.1) is 0 Å². The van der Waals surface area contributed by atoms with Crippen molar-refractivity contribution >= 4 is 16.1 Å². The van der Waals surface area contributed by atoms with Gasteiger partial charge in [-0.1, -0.05) is 13.3 Å². The number of unbranched alkanes of at least 4 members (excludes halogenated alkanes) is 1. The minimum Gasteiger partial charge on any atom is -0.494 e. The van der Waals surface area contributed by atoms with E-state index < -0.39 is 9.84 Å². The Kier molecular flexibility index (Phi) is 4.80. The zero-order valence-corrected chi connectivity index (χ0v) is 12.4. The van der Waals surface area contributed by atoms with E-state index in [1.54, 1.807) is 12.1 Å². The third-order valence-electron chi connectivity index (χ3n) is 2.88. The van der Waals surface area contributed by atoms with E-state index >= 15 is 0 Å². The Morgan fingerprint density at radius 1 is 1.14 bits per heavy atom. The number of carbonyl (C=O) groups excluding carboxylic acids is 1. The molecule has 0 saturated carbocycles. The Morgan fingerprint density at radius 3 is 2.43 bits per heavy atom. The van der Waals surface area contributed by atoms with Crippen LogP contribution in [0.4, 0.5) is 0 Å². The zero-order chi connectivity index (χ0) is 15.3. The fraction of sp³-hybridized carbons (Fsp3) is 0.267. The summed E-state index contributed by atoms with van der Waals surface area (Å²) in [6.07, 6.45) is 2.44. The lowest BCUT2D eigenvalue weighted by Crippen LogP contribution is -2.01. The van der Waals surface area contributed by atoms with Crippen molar-refractivity contribution in [1.82, 2.24) is 0 Å². The van der Waals surface area contributed by atoms with Crippen molar-refractivity contribution in [2.45, 2.75) is 29.8 Å². The van der Waals surface area contributed by atoms with Gasteiger partial charge in [0.1, 0.15) is 5.75 Å². The number of hydrogen-bond acceptors (Lipinski definition) is 5. The summed E-state index contributed by atoms with van der Waals surface area (Å²) in [5.74, 6) is 0.600. The molecule has 0 aliphatic rings. The van der Waals surface area contributed by atoms with Gasteiger partial charge in [0.05, 0.1) is 11.5 Å². The topological polar surface area (TPSA) is 73.6 Å². The van der Waals surface area contributed by atoms with E-state index in [4.69, 9.17) is 9.15 Å². The molecule has 1 aromatic heterocycles. The molecule has 2 rings (SSSR count). The number of aldehydes is 1. The first-order valence-corrected chi connectivity index (χ1v) is 8.09. The molecule has 0 saturated heterocycles. The van der Waals surface area contributed by atoms with Gasteiger partial charge in [-0.25, -0.2) is 8.42 Å². The lowest BCUT2D eigenvalue weighted by Gasteiger charge is -2.06. The summed E-state index contributed by atoms with van der Waals surface area (Å²) >= 11 is 0. The molecule has 0 fully saturated rings. The number of benzene rings is 1. The zero-order valence-electron chi connectivity index (χ0n) is 11.6. The summed E-state index contributed by atoms with van der Waals surface area (Å²) < 4.78 is 35.0. The molecule has 0 radical (unpaired) electrons. The van der Waals surface area contributed by atoms with Crippen LogP contribution in [0, 0.1) is 0 Å². The highest BCUT2D eigenvalue weighted by Gasteiger charge is 2.21. The Bertz CT molecular complexity index is 698. The van der Waals surface area contributed by atoms with E-state index in [1.807, 2.05) is 0 Å². The molecule has 2 aromatic rings. The second-order valence-electron chi connectivity index (χ2n) is 4.45. The average Bonchev–Trinajstić information content (AvgIpc) is 2.98. The SMILES string of the molecule is CCCCOc1ccc(S(=O)(=O)c2ccc(C=O)o2)cc1. The lowest BCUT2D eigenvalue weighted by atomic mass is 10.3. The highest BCUT2D eigenvalue weighted by Crippen LogP contribution is 2.24. The molecular weight excluding hydrogens is 292 g/mol. The van der Waals surface area contributed by atoms with Gasteiger partial charge in [-0.2, -0.15) is 0 Å². The maximum Gasteiger partial charge on any atom is 0.239 e. The Morgan fingerprint density at radius 2 is 1.86 bits per heavy atom. The smallest absolute Gasteiger partial charge is 0.239 e. The van der Waals surface area contributed by atoms with Crippen molar-refractivity contribution in [3.63, 3.8) is 0 Å². The Labute approximate surface area is 123 Å². The molecule has 5 nitrogen and oxygen atoms in total. The van der Waals surface area contributed by atoms with Crippen molar-refractivity contribution in [1.29, 1.82) is 0 Å². The summed E-state index contributed by atoms with van der Waals surface area (Å²) in [5, 5.41) is -0.246. The average molecular weight is 308 g/mol. The molecule has 0 aliphatic heterocycles. The molecule has 1 heterocycles. The summed E-state index contributed by atoms with van der Waals surface area (Å²) in [5.41, 5.74) is 0. The van der Waals surface area contributed by atoms with Gasteiger partial charge in [0.2, 0.25) is 14.9 Å². The monoisotopic (exact) mass is 308 g/mol. The van der Waals surface area contributed by atoms with E-state index in [-0.39, 0.29) is 15.7 Å². The van der Waals surface area contributed by atoms with Crippen molar-refractivity contribution in [3.05, 3.63) is 42.2 Å². The first-order valence-electron chi connectivity index (χ1n) is 6.61. The minimum absolute atomic E-state index is 0.0203. The molecule has 0 aliphatic carbocycles. The molecule has 6 heteroatoms. The van der Waals surface area contributed by atoms with Gasteiger partial charge in [-0.3, -0.25) is 4.79 Å². The normalized spacial score (nSPS) is 11.3. The molecule has 112 valence electrons.